The second-order valence-corrected chi connectivity index (χ2v) is 5.02. The first-order valence-electron chi connectivity index (χ1n) is 5.71. The van der Waals surface area contributed by atoms with Crippen LogP contribution in [0.3, 0.4) is 0 Å². The molecule has 104 valence electrons. The van der Waals surface area contributed by atoms with E-state index in [0.29, 0.717) is 10.6 Å². The number of rotatable bonds is 4. The van der Waals surface area contributed by atoms with Crippen molar-refractivity contribution in [2.24, 2.45) is 0 Å². The molecule has 4 N–H and O–H groups in total. The number of hydrogen-bond donors (Lipinski definition) is 3. The van der Waals surface area contributed by atoms with Crippen molar-refractivity contribution in [3.8, 4) is 0 Å². The first kappa shape index (κ1) is 14.1. The van der Waals surface area contributed by atoms with Crippen LogP contribution in [0, 0.1) is 5.82 Å². The molecule has 0 saturated heterocycles. The fraction of sp³-hybridized carbons (Fsp3) is 0.0769. The molecule has 0 spiro atoms. The van der Waals surface area contributed by atoms with Gasteiger partial charge in [-0.25, -0.2) is 4.39 Å². The molecule has 0 bridgehead atoms. The molecule has 0 radical (unpaired) electrons. The predicted octanol–water partition coefficient (Wildman–Crippen LogP) is 1.78. The Balaban J connectivity index is 1.87. The van der Waals surface area contributed by atoms with Crippen LogP contribution in [0.5, 0.6) is 0 Å². The molecule has 1 aromatic carbocycles. The monoisotopic (exact) mass is 293 g/mol. The Morgan fingerprint density at radius 3 is 2.80 bits per heavy atom. The minimum absolute atomic E-state index is 0.00462. The second-order valence-electron chi connectivity index (χ2n) is 3.97. The molecule has 1 aromatic heterocycles. The highest BCUT2D eigenvalue weighted by molar-refractivity contribution is 8.00. The maximum atomic E-state index is 13.1. The zero-order valence-electron chi connectivity index (χ0n) is 10.4. The zero-order valence-corrected chi connectivity index (χ0v) is 11.2. The van der Waals surface area contributed by atoms with Gasteiger partial charge in [-0.1, -0.05) is 0 Å². The standard InChI is InChI=1S/C13H12FN3O2S/c14-8-4-9(15)6-10(5-8)20-7-12(18)17-13(19)11-2-1-3-16-11/h1-6,16H,7,15H2,(H,17,18,19). The summed E-state index contributed by atoms with van der Waals surface area (Å²) >= 11 is 1.10. The summed E-state index contributed by atoms with van der Waals surface area (Å²) in [6, 6.07) is 7.25. The van der Waals surface area contributed by atoms with Crippen LogP contribution < -0.4 is 11.1 Å². The number of nitrogens with two attached hydrogens (primary N) is 1. The van der Waals surface area contributed by atoms with Gasteiger partial charge in [0.25, 0.3) is 5.91 Å². The summed E-state index contributed by atoms with van der Waals surface area (Å²) in [5.41, 5.74) is 6.09. The molecule has 2 rings (SSSR count). The molecule has 1 heterocycles. The zero-order chi connectivity index (χ0) is 14.5. The lowest BCUT2D eigenvalue weighted by Crippen LogP contribution is -2.32. The van der Waals surface area contributed by atoms with E-state index < -0.39 is 17.6 Å². The lowest BCUT2D eigenvalue weighted by atomic mass is 10.3. The second kappa shape index (κ2) is 6.25. The van der Waals surface area contributed by atoms with E-state index in [1.165, 1.54) is 12.1 Å². The summed E-state index contributed by atoms with van der Waals surface area (Å²) in [5, 5.41) is 2.23. The summed E-state index contributed by atoms with van der Waals surface area (Å²) in [6.07, 6.45) is 1.59. The van der Waals surface area contributed by atoms with Crippen LogP contribution in [0.4, 0.5) is 10.1 Å². The number of hydrogen-bond acceptors (Lipinski definition) is 4. The molecule has 5 nitrogen and oxygen atoms in total. The minimum atomic E-state index is -0.501. The first-order chi connectivity index (χ1) is 9.54. The molecule has 20 heavy (non-hydrogen) atoms. The van der Waals surface area contributed by atoms with Gasteiger partial charge in [0.2, 0.25) is 5.91 Å². The molecule has 2 amide bonds. The van der Waals surface area contributed by atoms with Crippen LogP contribution in [-0.4, -0.2) is 22.6 Å². The van der Waals surface area contributed by atoms with E-state index >= 15 is 0 Å². The van der Waals surface area contributed by atoms with Gasteiger partial charge in [0.1, 0.15) is 11.5 Å². The number of nitrogens with one attached hydrogen (secondary N) is 2. The van der Waals surface area contributed by atoms with Gasteiger partial charge in [0.15, 0.2) is 0 Å². The van der Waals surface area contributed by atoms with Crippen molar-refractivity contribution >= 4 is 29.3 Å². The van der Waals surface area contributed by atoms with Crippen molar-refractivity contribution in [1.82, 2.24) is 10.3 Å². The smallest absolute Gasteiger partial charge is 0.274 e. The van der Waals surface area contributed by atoms with E-state index in [1.54, 1.807) is 24.4 Å². The van der Waals surface area contributed by atoms with Gasteiger partial charge >= 0.3 is 0 Å². The van der Waals surface area contributed by atoms with Crippen LogP contribution in [0.1, 0.15) is 10.5 Å². The molecule has 0 unspecified atom stereocenters. The van der Waals surface area contributed by atoms with Gasteiger partial charge < -0.3 is 10.7 Å². The molecule has 0 aliphatic heterocycles. The largest absolute Gasteiger partial charge is 0.399 e. The van der Waals surface area contributed by atoms with Gasteiger partial charge in [0, 0.05) is 16.8 Å². The third-order valence-electron chi connectivity index (χ3n) is 2.36. The lowest BCUT2D eigenvalue weighted by molar-refractivity contribution is -0.117. The number of amides is 2. The number of nitrogen functional groups attached to an aromatic ring is 1. The maximum Gasteiger partial charge on any atom is 0.274 e. The normalized spacial score (nSPS) is 10.2. The fourth-order valence-electron chi connectivity index (χ4n) is 1.52. The lowest BCUT2D eigenvalue weighted by Gasteiger charge is -2.04. The van der Waals surface area contributed by atoms with Gasteiger partial charge in [-0.2, -0.15) is 0 Å². The Bertz CT molecular complexity index is 608. The van der Waals surface area contributed by atoms with Gasteiger partial charge in [-0.15, -0.1) is 11.8 Å². The maximum absolute atomic E-state index is 13.1. The number of carbonyl (C=O) groups is 2. The van der Waals surface area contributed by atoms with E-state index in [4.69, 9.17) is 5.73 Å². The van der Waals surface area contributed by atoms with Crippen LogP contribution in [0.2, 0.25) is 0 Å². The van der Waals surface area contributed by atoms with Crippen molar-refractivity contribution in [3.63, 3.8) is 0 Å². The Morgan fingerprint density at radius 1 is 1.35 bits per heavy atom. The highest BCUT2D eigenvalue weighted by atomic mass is 32.2. The molecule has 0 fully saturated rings. The minimum Gasteiger partial charge on any atom is -0.399 e. The van der Waals surface area contributed by atoms with Crippen molar-refractivity contribution in [3.05, 3.63) is 48.0 Å². The number of thioether (sulfide) groups is 1. The molecule has 7 heteroatoms. The van der Waals surface area contributed by atoms with Crippen molar-refractivity contribution in [2.45, 2.75) is 4.90 Å². The molecular weight excluding hydrogens is 281 g/mol. The number of carbonyl (C=O) groups excluding carboxylic acids is 2. The Labute approximate surface area is 118 Å². The van der Waals surface area contributed by atoms with Gasteiger partial charge in [0.05, 0.1) is 5.75 Å². The molecule has 0 aliphatic carbocycles. The van der Waals surface area contributed by atoms with Crippen LogP contribution in [0.25, 0.3) is 0 Å². The summed E-state index contributed by atoms with van der Waals surface area (Å²) in [4.78, 5) is 26.4. The molecule has 0 aliphatic rings. The van der Waals surface area contributed by atoms with E-state index in [1.807, 2.05) is 0 Å². The van der Waals surface area contributed by atoms with E-state index in [2.05, 4.69) is 10.3 Å². The predicted molar refractivity (Wildman–Crippen MR) is 74.8 cm³/mol. The van der Waals surface area contributed by atoms with Crippen molar-refractivity contribution < 1.29 is 14.0 Å². The number of benzene rings is 1. The topological polar surface area (TPSA) is 88.0 Å². The van der Waals surface area contributed by atoms with Crippen LogP contribution in [0.15, 0.2) is 41.4 Å². The Morgan fingerprint density at radius 2 is 2.15 bits per heavy atom. The van der Waals surface area contributed by atoms with Gasteiger partial charge in [-0.3, -0.25) is 14.9 Å². The number of aromatic nitrogens is 1. The summed E-state index contributed by atoms with van der Waals surface area (Å²) < 4.78 is 13.1. The van der Waals surface area contributed by atoms with Gasteiger partial charge in [-0.05, 0) is 30.3 Å². The molecule has 2 aromatic rings. The number of anilines is 1. The molecule has 0 atom stereocenters. The summed E-state index contributed by atoms with van der Waals surface area (Å²) in [5.74, 6) is -1.43. The third-order valence-corrected chi connectivity index (χ3v) is 3.33. The van der Waals surface area contributed by atoms with Crippen molar-refractivity contribution in [1.29, 1.82) is 0 Å². The number of imide groups is 1. The quantitative estimate of drug-likeness (QED) is 0.592. The number of halogens is 1. The third kappa shape index (κ3) is 3.86. The van der Waals surface area contributed by atoms with E-state index in [9.17, 15) is 14.0 Å². The Kier molecular flexibility index (Phi) is 4.41. The SMILES string of the molecule is Nc1cc(F)cc(SCC(=O)NC(=O)c2ccc[nH]2)c1. The molecular formula is C13H12FN3O2S. The fourth-order valence-corrected chi connectivity index (χ4v) is 2.30. The highest BCUT2D eigenvalue weighted by Crippen LogP contribution is 2.21. The van der Waals surface area contributed by atoms with E-state index in [-0.39, 0.29) is 11.4 Å². The average Bonchev–Trinajstić information content (AvgIpc) is 2.89. The average molecular weight is 293 g/mol. The van der Waals surface area contributed by atoms with E-state index in [0.717, 1.165) is 11.8 Å². The highest BCUT2D eigenvalue weighted by Gasteiger charge is 2.11. The first-order valence-corrected chi connectivity index (χ1v) is 6.69. The summed E-state index contributed by atoms with van der Waals surface area (Å²) in [6.45, 7) is 0. The van der Waals surface area contributed by atoms with Crippen molar-refractivity contribution in [2.75, 3.05) is 11.5 Å². The molecule has 0 saturated carbocycles. The summed E-state index contributed by atoms with van der Waals surface area (Å²) in [7, 11) is 0. The number of H-pyrrole nitrogens is 1. The number of aromatic amines is 1. The Hall–Kier alpha value is -2.28. The van der Waals surface area contributed by atoms with Crippen LogP contribution >= 0.6 is 11.8 Å². The van der Waals surface area contributed by atoms with Crippen LogP contribution in [-0.2, 0) is 4.79 Å².